The summed E-state index contributed by atoms with van der Waals surface area (Å²) in [5, 5.41) is 0. The second-order valence-corrected chi connectivity index (χ2v) is 5.17. The molecule has 0 radical (unpaired) electrons. The number of hydrogen-bond acceptors (Lipinski definition) is 2. The van der Waals surface area contributed by atoms with Gasteiger partial charge in [-0.3, -0.25) is 11.3 Å². The monoisotopic (exact) mass is 278 g/mol. The summed E-state index contributed by atoms with van der Waals surface area (Å²) in [6.45, 7) is 0. The summed E-state index contributed by atoms with van der Waals surface area (Å²) in [5.41, 5.74) is 5.53. The molecule has 2 nitrogen and oxygen atoms in total. The molecule has 0 amide bonds. The first-order chi connectivity index (χ1) is 10.4. The predicted octanol–water partition coefficient (Wildman–Crippen LogP) is 3.45. The molecule has 1 unspecified atom stereocenters. The van der Waals surface area contributed by atoms with Crippen LogP contribution in [0.1, 0.15) is 36.3 Å². The molecule has 2 aromatic rings. The summed E-state index contributed by atoms with van der Waals surface area (Å²) in [6, 6.07) is 21.1. The Balaban J connectivity index is 2.29. The second-order valence-electron chi connectivity index (χ2n) is 5.17. The molecule has 0 aliphatic heterocycles. The van der Waals surface area contributed by atoms with E-state index in [4.69, 9.17) is 12.3 Å². The first-order valence-corrected chi connectivity index (χ1v) is 7.36. The van der Waals surface area contributed by atoms with Gasteiger partial charge in [0.1, 0.15) is 0 Å². The van der Waals surface area contributed by atoms with E-state index in [-0.39, 0.29) is 12.0 Å². The summed E-state index contributed by atoms with van der Waals surface area (Å²) < 4.78 is 0. The highest BCUT2D eigenvalue weighted by Gasteiger charge is 2.23. The van der Waals surface area contributed by atoms with Crippen LogP contribution in [-0.2, 0) is 0 Å². The largest absolute Gasteiger partial charge is 0.271 e. The maximum absolute atomic E-state index is 5.83. The Morgan fingerprint density at radius 1 is 0.952 bits per heavy atom. The van der Waals surface area contributed by atoms with Crippen LogP contribution < -0.4 is 11.3 Å². The molecule has 0 aliphatic rings. The number of hydrazine groups is 1. The fraction of sp³-hybridized carbons (Fsp3) is 0.263. The summed E-state index contributed by atoms with van der Waals surface area (Å²) in [4.78, 5) is 0. The number of hydrogen-bond donors (Lipinski definition) is 2. The van der Waals surface area contributed by atoms with Crippen LogP contribution in [-0.4, -0.2) is 6.04 Å². The zero-order chi connectivity index (χ0) is 14.9. The van der Waals surface area contributed by atoms with Crippen LogP contribution in [0.3, 0.4) is 0 Å². The lowest BCUT2D eigenvalue weighted by Gasteiger charge is -2.27. The highest BCUT2D eigenvalue weighted by atomic mass is 15.2. The summed E-state index contributed by atoms with van der Waals surface area (Å²) in [6.07, 6.45) is 8.07. The maximum atomic E-state index is 5.83. The van der Waals surface area contributed by atoms with E-state index in [0.717, 1.165) is 19.3 Å². The van der Waals surface area contributed by atoms with Gasteiger partial charge in [0, 0.05) is 18.4 Å². The molecule has 0 saturated carbocycles. The number of nitrogens with one attached hydrogen (secondary N) is 1. The Labute approximate surface area is 127 Å². The Hall–Kier alpha value is -2.08. The summed E-state index contributed by atoms with van der Waals surface area (Å²) >= 11 is 0. The third kappa shape index (κ3) is 4.19. The molecule has 0 bridgehead atoms. The minimum Gasteiger partial charge on any atom is -0.271 e. The van der Waals surface area contributed by atoms with Crippen LogP contribution in [0.2, 0.25) is 0 Å². The normalized spacial score (nSPS) is 12.0. The van der Waals surface area contributed by atoms with Crippen molar-refractivity contribution in [2.24, 2.45) is 5.84 Å². The van der Waals surface area contributed by atoms with E-state index in [2.05, 4.69) is 59.9 Å². The van der Waals surface area contributed by atoms with Crippen LogP contribution >= 0.6 is 0 Å². The van der Waals surface area contributed by atoms with Gasteiger partial charge < -0.3 is 0 Å². The Morgan fingerprint density at radius 3 is 1.90 bits per heavy atom. The Kier molecular flexibility index (Phi) is 6.02. The minimum absolute atomic E-state index is 0.170. The lowest BCUT2D eigenvalue weighted by atomic mass is 9.83. The number of rotatable bonds is 7. The van der Waals surface area contributed by atoms with Crippen molar-refractivity contribution in [1.29, 1.82) is 0 Å². The highest BCUT2D eigenvalue weighted by molar-refractivity contribution is 5.34. The fourth-order valence-corrected chi connectivity index (χ4v) is 2.75. The number of unbranched alkanes of at least 4 members (excludes halogenated alkanes) is 1. The zero-order valence-corrected chi connectivity index (χ0v) is 12.2. The number of nitrogens with two attached hydrogens (primary N) is 1. The molecule has 2 aromatic carbocycles. The molecule has 2 rings (SSSR count). The lowest BCUT2D eigenvalue weighted by molar-refractivity contribution is 0.440. The van der Waals surface area contributed by atoms with Crippen LogP contribution in [0, 0.1) is 12.3 Å². The van der Waals surface area contributed by atoms with Gasteiger partial charge in [-0.25, -0.2) is 0 Å². The molecule has 0 fully saturated rings. The Morgan fingerprint density at radius 2 is 1.48 bits per heavy atom. The standard InChI is InChI=1S/C19H22N2/c1-2-3-6-15-18(21-20)19(16-11-7-4-8-12-16)17-13-9-5-10-14-17/h1,4-5,7-14,18-19,21H,3,6,15,20H2. The molecule has 0 aliphatic carbocycles. The molecule has 108 valence electrons. The smallest absolute Gasteiger partial charge is 0.0320 e. The van der Waals surface area contributed by atoms with Crippen LogP contribution in [0.4, 0.5) is 0 Å². The lowest BCUT2D eigenvalue weighted by Crippen LogP contribution is -2.40. The second kappa shape index (κ2) is 8.26. The van der Waals surface area contributed by atoms with Gasteiger partial charge in [0.15, 0.2) is 0 Å². The molecule has 0 saturated heterocycles. The van der Waals surface area contributed by atoms with Gasteiger partial charge in [-0.1, -0.05) is 60.7 Å². The first-order valence-electron chi connectivity index (χ1n) is 7.36. The van der Waals surface area contributed by atoms with Crippen molar-refractivity contribution < 1.29 is 0 Å². The van der Waals surface area contributed by atoms with Gasteiger partial charge in [-0.15, -0.1) is 12.3 Å². The first kappa shape index (κ1) is 15.3. The van der Waals surface area contributed by atoms with Gasteiger partial charge in [0.25, 0.3) is 0 Å². The minimum atomic E-state index is 0.170. The molecule has 2 heteroatoms. The topological polar surface area (TPSA) is 38.0 Å². The maximum Gasteiger partial charge on any atom is 0.0320 e. The van der Waals surface area contributed by atoms with E-state index in [9.17, 15) is 0 Å². The van der Waals surface area contributed by atoms with E-state index in [1.54, 1.807) is 0 Å². The molecular weight excluding hydrogens is 256 g/mol. The number of benzene rings is 2. The third-order valence-electron chi connectivity index (χ3n) is 3.77. The van der Waals surface area contributed by atoms with E-state index in [0.29, 0.717) is 0 Å². The average Bonchev–Trinajstić information content (AvgIpc) is 2.56. The van der Waals surface area contributed by atoms with Crippen LogP contribution in [0.15, 0.2) is 60.7 Å². The van der Waals surface area contributed by atoms with Crippen molar-refractivity contribution >= 4 is 0 Å². The SMILES string of the molecule is C#CCCCC(NN)C(c1ccccc1)c1ccccc1. The summed E-state index contributed by atoms with van der Waals surface area (Å²) in [5.74, 6) is 8.76. The molecule has 0 aromatic heterocycles. The molecule has 1 atom stereocenters. The van der Waals surface area contributed by atoms with Gasteiger partial charge in [-0.2, -0.15) is 0 Å². The summed E-state index contributed by atoms with van der Waals surface area (Å²) in [7, 11) is 0. The van der Waals surface area contributed by atoms with Gasteiger partial charge in [-0.05, 0) is 24.0 Å². The molecule has 0 spiro atoms. The van der Waals surface area contributed by atoms with Crippen molar-refractivity contribution in [3.05, 3.63) is 71.8 Å². The highest BCUT2D eigenvalue weighted by Crippen LogP contribution is 2.29. The third-order valence-corrected chi connectivity index (χ3v) is 3.77. The molecule has 0 heterocycles. The average molecular weight is 278 g/mol. The van der Waals surface area contributed by atoms with E-state index < -0.39 is 0 Å². The van der Waals surface area contributed by atoms with Crippen LogP contribution in [0.5, 0.6) is 0 Å². The van der Waals surface area contributed by atoms with Gasteiger partial charge in [0.05, 0.1) is 0 Å². The molecule has 21 heavy (non-hydrogen) atoms. The van der Waals surface area contributed by atoms with Crippen molar-refractivity contribution in [3.63, 3.8) is 0 Å². The zero-order valence-electron chi connectivity index (χ0n) is 12.2. The van der Waals surface area contributed by atoms with Crippen molar-refractivity contribution in [2.75, 3.05) is 0 Å². The van der Waals surface area contributed by atoms with E-state index >= 15 is 0 Å². The Bertz CT molecular complexity index is 518. The van der Waals surface area contributed by atoms with E-state index in [1.807, 2.05) is 12.1 Å². The van der Waals surface area contributed by atoms with Crippen LogP contribution in [0.25, 0.3) is 0 Å². The quantitative estimate of drug-likeness (QED) is 0.352. The van der Waals surface area contributed by atoms with Crippen molar-refractivity contribution in [3.8, 4) is 12.3 Å². The van der Waals surface area contributed by atoms with Gasteiger partial charge >= 0.3 is 0 Å². The number of terminal acetylenes is 1. The van der Waals surface area contributed by atoms with Crippen molar-refractivity contribution in [1.82, 2.24) is 5.43 Å². The predicted molar refractivity (Wildman–Crippen MR) is 88.5 cm³/mol. The fourth-order valence-electron chi connectivity index (χ4n) is 2.75. The molecule has 3 N–H and O–H groups in total. The molecular formula is C19H22N2. The van der Waals surface area contributed by atoms with Gasteiger partial charge in [0.2, 0.25) is 0 Å². The van der Waals surface area contributed by atoms with Crippen molar-refractivity contribution in [2.45, 2.75) is 31.2 Å². The van der Waals surface area contributed by atoms with E-state index in [1.165, 1.54) is 11.1 Å².